The van der Waals surface area contributed by atoms with Crippen LogP contribution in [-0.2, 0) is 19.1 Å². The predicted molar refractivity (Wildman–Crippen MR) is 139 cm³/mol. The molecule has 3 N–H and O–H groups in total. The van der Waals surface area contributed by atoms with Crippen LogP contribution in [0.25, 0.3) is 0 Å². The molecule has 0 unspecified atom stereocenters. The molecule has 6 atom stereocenters. The average Bonchev–Trinajstić information content (AvgIpc) is 3.22. The van der Waals surface area contributed by atoms with E-state index in [1.54, 1.807) is 11.9 Å². The summed E-state index contributed by atoms with van der Waals surface area (Å²) in [5.41, 5.74) is 0.758. The molecule has 0 radical (unpaired) electrons. The van der Waals surface area contributed by atoms with Crippen LogP contribution in [-0.4, -0.2) is 91.7 Å². The van der Waals surface area contributed by atoms with Crippen molar-refractivity contribution in [3.05, 3.63) is 48.0 Å². The fraction of sp³-hybridized carbons (Fsp3) is 0.607. The lowest BCUT2D eigenvalue weighted by atomic mass is 9.68. The van der Waals surface area contributed by atoms with Crippen molar-refractivity contribution in [1.29, 1.82) is 0 Å². The van der Waals surface area contributed by atoms with Gasteiger partial charge in [0.05, 0.1) is 37.7 Å². The molecule has 4 rings (SSSR count). The number of morpholine rings is 1. The van der Waals surface area contributed by atoms with Gasteiger partial charge in [0.1, 0.15) is 6.04 Å². The number of nitrogens with one attached hydrogen (secondary N) is 2. The van der Waals surface area contributed by atoms with Gasteiger partial charge in [-0.05, 0) is 17.9 Å². The highest BCUT2D eigenvalue weighted by Crippen LogP contribution is 2.47. The topological polar surface area (TPSA) is 111 Å². The Bertz CT molecular complexity index is 965. The molecular formula is C28H40N4O5. The Morgan fingerprint density at radius 3 is 2.51 bits per heavy atom. The monoisotopic (exact) mass is 512 g/mol. The summed E-state index contributed by atoms with van der Waals surface area (Å²) in [7, 11) is 1.59. The summed E-state index contributed by atoms with van der Waals surface area (Å²) in [4.78, 5) is 44.7. The summed E-state index contributed by atoms with van der Waals surface area (Å²) in [5.74, 6) is -2.43. The number of likely N-dealkylation sites (tertiary alicyclic amines) is 1. The van der Waals surface area contributed by atoms with Gasteiger partial charge in [-0.25, -0.2) is 0 Å². The number of nitrogens with zero attached hydrogens (tertiary/aromatic N) is 2. The zero-order valence-corrected chi connectivity index (χ0v) is 21.8. The maximum absolute atomic E-state index is 14.1. The van der Waals surface area contributed by atoms with Gasteiger partial charge >= 0.3 is 0 Å². The first-order valence-electron chi connectivity index (χ1n) is 13.5. The Morgan fingerprint density at radius 2 is 1.86 bits per heavy atom. The molecule has 0 saturated carbocycles. The number of carbonyl (C=O) groups excluding carboxylic acids is 3. The molecule has 202 valence electrons. The maximum atomic E-state index is 14.1. The second-order valence-electron chi connectivity index (χ2n) is 10.1. The summed E-state index contributed by atoms with van der Waals surface area (Å²) in [6, 6.07) is 7.80. The van der Waals surface area contributed by atoms with E-state index in [2.05, 4.69) is 22.5 Å². The number of aliphatic hydroxyl groups is 1. The van der Waals surface area contributed by atoms with Gasteiger partial charge in [0.25, 0.3) is 0 Å². The molecule has 1 aromatic carbocycles. The largest absolute Gasteiger partial charge is 0.394 e. The Labute approximate surface area is 219 Å². The highest BCUT2D eigenvalue weighted by atomic mass is 16.5. The van der Waals surface area contributed by atoms with Crippen LogP contribution in [0, 0.1) is 23.7 Å². The van der Waals surface area contributed by atoms with E-state index in [1.165, 1.54) is 0 Å². The number of fused-ring (bicyclic) bond motifs is 1. The standard InChI is InChI=1S/C28H40N4O5/c1-3-7-20-10-11-21-24(23(20)26(34)29-2)28(36)32(22(18-33)19-8-5-4-6-9-19)25(21)27(35)30-12-13-31-14-16-37-17-15-31/h4-6,8-11,20-25,33H,3,7,12-18H2,1-2H3,(H,29,34)(H,30,35)/t20-,21+,22-,23-,24-,25+/m1/s1. The van der Waals surface area contributed by atoms with Crippen LogP contribution in [0.3, 0.4) is 0 Å². The van der Waals surface area contributed by atoms with E-state index >= 15 is 0 Å². The summed E-state index contributed by atoms with van der Waals surface area (Å²) >= 11 is 0. The number of benzene rings is 1. The van der Waals surface area contributed by atoms with Crippen molar-refractivity contribution in [1.82, 2.24) is 20.4 Å². The first-order chi connectivity index (χ1) is 18.0. The molecule has 3 aliphatic rings. The van der Waals surface area contributed by atoms with E-state index in [1.807, 2.05) is 42.5 Å². The zero-order valence-electron chi connectivity index (χ0n) is 21.8. The molecule has 0 bridgehead atoms. The highest BCUT2D eigenvalue weighted by Gasteiger charge is 2.58. The second kappa shape index (κ2) is 12.7. The molecule has 2 saturated heterocycles. The van der Waals surface area contributed by atoms with Gasteiger partial charge < -0.3 is 25.4 Å². The Morgan fingerprint density at radius 1 is 1.14 bits per heavy atom. The predicted octanol–water partition coefficient (Wildman–Crippen LogP) is 0.960. The first-order valence-corrected chi connectivity index (χ1v) is 13.5. The fourth-order valence-electron chi connectivity index (χ4n) is 6.21. The van der Waals surface area contributed by atoms with Gasteiger partial charge in [0, 0.05) is 39.1 Å². The highest BCUT2D eigenvalue weighted by molar-refractivity contribution is 5.97. The lowest BCUT2D eigenvalue weighted by Gasteiger charge is -2.34. The normalized spacial score (nSPS) is 28.6. The number of carbonyl (C=O) groups is 3. The molecule has 0 aromatic heterocycles. The first kappa shape index (κ1) is 27.3. The fourth-order valence-corrected chi connectivity index (χ4v) is 6.21. The minimum atomic E-state index is -0.814. The van der Waals surface area contributed by atoms with Crippen LogP contribution in [0.4, 0.5) is 0 Å². The van der Waals surface area contributed by atoms with Crippen molar-refractivity contribution < 1.29 is 24.2 Å². The van der Waals surface area contributed by atoms with Crippen LogP contribution < -0.4 is 10.6 Å². The molecule has 3 amide bonds. The summed E-state index contributed by atoms with van der Waals surface area (Å²) in [6.45, 7) is 5.90. The smallest absolute Gasteiger partial charge is 0.243 e. The lowest BCUT2D eigenvalue weighted by Crippen LogP contribution is -2.51. The minimum absolute atomic E-state index is 0.0792. The molecule has 2 fully saturated rings. The molecule has 9 nitrogen and oxygen atoms in total. The van der Waals surface area contributed by atoms with E-state index in [9.17, 15) is 19.5 Å². The summed E-state index contributed by atoms with van der Waals surface area (Å²) < 4.78 is 5.40. The van der Waals surface area contributed by atoms with Crippen molar-refractivity contribution in [2.75, 3.05) is 53.0 Å². The van der Waals surface area contributed by atoms with E-state index in [0.29, 0.717) is 26.3 Å². The minimum Gasteiger partial charge on any atom is -0.394 e. The van der Waals surface area contributed by atoms with Gasteiger partial charge in [-0.15, -0.1) is 0 Å². The molecule has 1 aromatic rings. The Hall–Kier alpha value is -2.75. The van der Waals surface area contributed by atoms with Crippen LogP contribution in [0.15, 0.2) is 42.5 Å². The van der Waals surface area contributed by atoms with E-state index < -0.39 is 29.8 Å². The van der Waals surface area contributed by atoms with Gasteiger partial charge in [-0.2, -0.15) is 0 Å². The number of allylic oxidation sites excluding steroid dienone is 1. The van der Waals surface area contributed by atoms with Crippen LogP contribution >= 0.6 is 0 Å². The van der Waals surface area contributed by atoms with Crippen molar-refractivity contribution in [2.24, 2.45) is 23.7 Å². The van der Waals surface area contributed by atoms with E-state index in [-0.39, 0.29) is 30.2 Å². The molecule has 9 heteroatoms. The third-order valence-electron chi connectivity index (χ3n) is 8.01. The quantitative estimate of drug-likeness (QED) is 0.403. The van der Waals surface area contributed by atoms with Gasteiger partial charge in [0.15, 0.2) is 0 Å². The van der Waals surface area contributed by atoms with E-state index in [4.69, 9.17) is 4.74 Å². The third kappa shape index (κ3) is 5.73. The molecule has 0 spiro atoms. The number of hydrogen-bond donors (Lipinski definition) is 3. The molecular weight excluding hydrogens is 472 g/mol. The van der Waals surface area contributed by atoms with Gasteiger partial charge in [-0.3, -0.25) is 19.3 Å². The van der Waals surface area contributed by atoms with E-state index in [0.717, 1.165) is 31.5 Å². The third-order valence-corrected chi connectivity index (χ3v) is 8.01. The van der Waals surface area contributed by atoms with Gasteiger partial charge in [0.2, 0.25) is 17.7 Å². The SMILES string of the molecule is CCC[C@@H]1C=C[C@H]2[C@@H](C(=O)N([C@H](CO)c3ccccc3)[C@@H]2C(=O)NCCN2CCOCC2)[C@@H]1C(=O)NC. The number of aliphatic hydroxyl groups excluding tert-OH is 1. The molecule has 37 heavy (non-hydrogen) atoms. The zero-order chi connectivity index (χ0) is 26.4. The number of amides is 3. The van der Waals surface area contributed by atoms with Crippen molar-refractivity contribution in [2.45, 2.75) is 31.8 Å². The average molecular weight is 513 g/mol. The molecule has 2 aliphatic heterocycles. The van der Waals surface area contributed by atoms with Crippen molar-refractivity contribution in [3.63, 3.8) is 0 Å². The second-order valence-corrected chi connectivity index (χ2v) is 10.1. The molecule has 1 aliphatic carbocycles. The van der Waals surface area contributed by atoms with Crippen molar-refractivity contribution in [3.8, 4) is 0 Å². The lowest BCUT2D eigenvalue weighted by molar-refractivity contribution is -0.143. The van der Waals surface area contributed by atoms with Crippen LogP contribution in [0.1, 0.15) is 31.4 Å². The Kier molecular flexibility index (Phi) is 9.34. The van der Waals surface area contributed by atoms with Crippen LogP contribution in [0.5, 0.6) is 0 Å². The van der Waals surface area contributed by atoms with Crippen LogP contribution in [0.2, 0.25) is 0 Å². The van der Waals surface area contributed by atoms with Gasteiger partial charge in [-0.1, -0.05) is 55.8 Å². The summed E-state index contributed by atoms with van der Waals surface area (Å²) in [5, 5.41) is 16.3. The van der Waals surface area contributed by atoms with Crippen molar-refractivity contribution >= 4 is 17.7 Å². The summed E-state index contributed by atoms with van der Waals surface area (Å²) in [6.07, 6.45) is 5.65. The molecule has 2 heterocycles. The maximum Gasteiger partial charge on any atom is 0.243 e. The Balaban J connectivity index is 1.65. The number of rotatable bonds is 10. The number of hydrogen-bond acceptors (Lipinski definition) is 6. The number of ether oxygens (including phenoxy) is 1.